The number of rotatable bonds is 3. The molecule has 1 aliphatic rings. The van der Waals surface area contributed by atoms with Crippen molar-refractivity contribution < 1.29 is 8.42 Å². The minimum absolute atomic E-state index is 0.137. The fraction of sp³-hybridized carbons (Fsp3) is 0.389. The Morgan fingerprint density at radius 3 is 2.50 bits per heavy atom. The van der Waals surface area contributed by atoms with Crippen LogP contribution in [0.4, 0.5) is 0 Å². The average molecular weight is 346 g/mol. The van der Waals surface area contributed by atoms with Gasteiger partial charge in [-0.25, -0.2) is 8.42 Å². The standard InChI is InChI=1S/C18H22N2O3S/c1-13-6-8-16(9-7-13)24(22,23)20-10-4-3-5-17(20)15-11-14(2)18(21)19-12-15/h6-9,11-12,17H,3-5,10H2,1-2H3,(H,19,21)/t17-/m1/s1. The highest BCUT2D eigenvalue weighted by Gasteiger charge is 2.34. The van der Waals surface area contributed by atoms with Gasteiger partial charge in [0.25, 0.3) is 5.56 Å². The zero-order valence-electron chi connectivity index (χ0n) is 14.0. The van der Waals surface area contributed by atoms with E-state index in [-0.39, 0.29) is 11.6 Å². The van der Waals surface area contributed by atoms with Gasteiger partial charge in [0.2, 0.25) is 10.0 Å². The molecule has 0 saturated carbocycles. The zero-order valence-corrected chi connectivity index (χ0v) is 14.8. The second-order valence-corrected chi connectivity index (χ2v) is 8.28. The van der Waals surface area contributed by atoms with E-state index in [9.17, 15) is 13.2 Å². The molecule has 1 atom stereocenters. The molecule has 1 aromatic heterocycles. The number of aromatic amines is 1. The van der Waals surface area contributed by atoms with Crippen LogP contribution in [-0.4, -0.2) is 24.3 Å². The lowest BCUT2D eigenvalue weighted by molar-refractivity contribution is 0.255. The number of aryl methyl sites for hydroxylation is 2. The summed E-state index contributed by atoms with van der Waals surface area (Å²) in [4.78, 5) is 14.6. The number of piperidine rings is 1. The number of nitrogens with one attached hydrogen (secondary N) is 1. The van der Waals surface area contributed by atoms with E-state index >= 15 is 0 Å². The predicted octanol–water partition coefficient (Wildman–Crippen LogP) is 2.91. The van der Waals surface area contributed by atoms with Crippen molar-refractivity contribution in [1.82, 2.24) is 9.29 Å². The Bertz CT molecular complexity index is 885. The maximum atomic E-state index is 13.1. The molecular formula is C18H22N2O3S. The highest BCUT2D eigenvalue weighted by Crippen LogP contribution is 2.35. The van der Waals surface area contributed by atoms with Crippen molar-refractivity contribution in [1.29, 1.82) is 0 Å². The molecule has 0 radical (unpaired) electrons. The molecule has 0 bridgehead atoms. The molecule has 0 spiro atoms. The summed E-state index contributed by atoms with van der Waals surface area (Å²) in [6, 6.07) is 8.52. The Morgan fingerprint density at radius 1 is 1.12 bits per heavy atom. The molecule has 24 heavy (non-hydrogen) atoms. The maximum Gasteiger partial charge on any atom is 0.250 e. The number of benzene rings is 1. The Morgan fingerprint density at radius 2 is 1.83 bits per heavy atom. The Balaban J connectivity index is 2.01. The van der Waals surface area contributed by atoms with Crippen LogP contribution in [0.2, 0.25) is 0 Å². The van der Waals surface area contributed by atoms with Crippen LogP contribution in [0.1, 0.15) is 42.0 Å². The molecule has 3 rings (SSSR count). The fourth-order valence-electron chi connectivity index (χ4n) is 3.18. The van der Waals surface area contributed by atoms with Gasteiger partial charge in [0.15, 0.2) is 0 Å². The molecule has 2 heterocycles. The van der Waals surface area contributed by atoms with Gasteiger partial charge in [-0.2, -0.15) is 4.31 Å². The lowest BCUT2D eigenvalue weighted by Gasteiger charge is -2.35. The Labute approximate surface area is 142 Å². The van der Waals surface area contributed by atoms with Gasteiger partial charge >= 0.3 is 0 Å². The van der Waals surface area contributed by atoms with Gasteiger partial charge in [-0.3, -0.25) is 4.79 Å². The number of aromatic nitrogens is 1. The first-order valence-electron chi connectivity index (χ1n) is 8.17. The Hall–Kier alpha value is -1.92. The van der Waals surface area contributed by atoms with Crippen molar-refractivity contribution in [3.63, 3.8) is 0 Å². The molecule has 1 saturated heterocycles. The summed E-state index contributed by atoms with van der Waals surface area (Å²) in [7, 11) is -3.56. The van der Waals surface area contributed by atoms with Crippen LogP contribution in [0.15, 0.2) is 46.2 Å². The number of hydrogen-bond donors (Lipinski definition) is 1. The number of pyridine rings is 1. The SMILES string of the molecule is Cc1ccc(S(=O)(=O)N2CCCC[C@@H]2c2c[nH]c(=O)c(C)c2)cc1. The summed E-state index contributed by atoms with van der Waals surface area (Å²) in [6.07, 6.45) is 4.23. The lowest BCUT2D eigenvalue weighted by atomic mass is 9.98. The van der Waals surface area contributed by atoms with E-state index in [2.05, 4.69) is 4.98 Å². The van der Waals surface area contributed by atoms with Crippen LogP contribution in [-0.2, 0) is 10.0 Å². The quantitative estimate of drug-likeness (QED) is 0.929. The van der Waals surface area contributed by atoms with Crippen molar-refractivity contribution in [2.24, 2.45) is 0 Å². The summed E-state index contributed by atoms with van der Waals surface area (Å²) >= 11 is 0. The molecule has 1 aromatic carbocycles. The van der Waals surface area contributed by atoms with Crippen LogP contribution in [0.25, 0.3) is 0 Å². The van der Waals surface area contributed by atoms with Crippen molar-refractivity contribution in [2.75, 3.05) is 6.54 Å². The minimum Gasteiger partial charge on any atom is -0.329 e. The normalized spacial score (nSPS) is 19.3. The first kappa shape index (κ1) is 16.9. The van der Waals surface area contributed by atoms with E-state index in [1.54, 1.807) is 35.6 Å². The van der Waals surface area contributed by atoms with Gasteiger partial charge in [-0.05, 0) is 50.5 Å². The number of hydrogen-bond acceptors (Lipinski definition) is 3. The summed E-state index contributed by atoms with van der Waals surface area (Å²) in [5, 5.41) is 0. The molecule has 1 aliphatic heterocycles. The molecule has 6 heteroatoms. The lowest BCUT2D eigenvalue weighted by Crippen LogP contribution is -2.38. The van der Waals surface area contributed by atoms with Crippen LogP contribution >= 0.6 is 0 Å². The summed E-state index contributed by atoms with van der Waals surface area (Å²) < 4.78 is 27.8. The molecule has 128 valence electrons. The molecule has 0 aliphatic carbocycles. The van der Waals surface area contributed by atoms with E-state index in [4.69, 9.17) is 0 Å². The average Bonchev–Trinajstić information content (AvgIpc) is 2.58. The summed E-state index contributed by atoms with van der Waals surface area (Å²) in [5.41, 5.74) is 2.34. The summed E-state index contributed by atoms with van der Waals surface area (Å²) in [5.74, 6) is 0. The van der Waals surface area contributed by atoms with Gasteiger partial charge < -0.3 is 4.98 Å². The van der Waals surface area contributed by atoms with Crippen molar-refractivity contribution in [3.05, 3.63) is 63.6 Å². The first-order chi connectivity index (χ1) is 11.4. The number of H-pyrrole nitrogens is 1. The van der Waals surface area contributed by atoms with Crippen molar-refractivity contribution >= 4 is 10.0 Å². The van der Waals surface area contributed by atoms with Crippen LogP contribution < -0.4 is 5.56 Å². The Kier molecular flexibility index (Phi) is 4.60. The topological polar surface area (TPSA) is 70.2 Å². The van der Waals surface area contributed by atoms with Gasteiger partial charge in [-0.15, -0.1) is 0 Å². The smallest absolute Gasteiger partial charge is 0.250 e. The molecular weight excluding hydrogens is 324 g/mol. The third-order valence-corrected chi connectivity index (χ3v) is 6.50. The van der Waals surface area contributed by atoms with Gasteiger partial charge in [0, 0.05) is 18.3 Å². The molecule has 0 unspecified atom stereocenters. The minimum atomic E-state index is -3.56. The highest BCUT2D eigenvalue weighted by atomic mass is 32.2. The van der Waals surface area contributed by atoms with Crippen LogP contribution in [0.3, 0.4) is 0 Å². The van der Waals surface area contributed by atoms with Gasteiger partial charge in [-0.1, -0.05) is 24.1 Å². The predicted molar refractivity (Wildman–Crippen MR) is 93.5 cm³/mol. The highest BCUT2D eigenvalue weighted by molar-refractivity contribution is 7.89. The second kappa shape index (κ2) is 6.53. The third kappa shape index (κ3) is 3.16. The fourth-order valence-corrected chi connectivity index (χ4v) is 4.87. The molecule has 2 aromatic rings. The maximum absolute atomic E-state index is 13.1. The first-order valence-corrected chi connectivity index (χ1v) is 9.61. The van der Waals surface area contributed by atoms with Crippen LogP contribution in [0, 0.1) is 13.8 Å². The van der Waals surface area contributed by atoms with Crippen molar-refractivity contribution in [3.8, 4) is 0 Å². The largest absolute Gasteiger partial charge is 0.329 e. The van der Waals surface area contributed by atoms with E-state index in [1.807, 2.05) is 19.1 Å². The number of sulfonamides is 1. The van der Waals surface area contributed by atoms with Gasteiger partial charge in [0.1, 0.15) is 0 Å². The van der Waals surface area contributed by atoms with Crippen LogP contribution in [0.5, 0.6) is 0 Å². The van der Waals surface area contributed by atoms with E-state index in [0.717, 1.165) is 30.4 Å². The van der Waals surface area contributed by atoms with Gasteiger partial charge in [0.05, 0.1) is 10.9 Å². The third-order valence-electron chi connectivity index (χ3n) is 4.58. The number of nitrogens with zero attached hydrogens (tertiary/aromatic N) is 1. The molecule has 5 nitrogen and oxygen atoms in total. The van der Waals surface area contributed by atoms with E-state index in [1.165, 1.54) is 0 Å². The summed E-state index contributed by atoms with van der Waals surface area (Å²) in [6.45, 7) is 4.17. The van der Waals surface area contributed by atoms with E-state index < -0.39 is 10.0 Å². The second-order valence-electron chi connectivity index (χ2n) is 6.39. The molecule has 0 amide bonds. The van der Waals surface area contributed by atoms with E-state index in [0.29, 0.717) is 17.0 Å². The molecule has 1 fully saturated rings. The molecule has 1 N–H and O–H groups in total. The monoisotopic (exact) mass is 346 g/mol. The zero-order chi connectivity index (χ0) is 17.3. The van der Waals surface area contributed by atoms with Crippen molar-refractivity contribution in [2.45, 2.75) is 44.0 Å².